The summed E-state index contributed by atoms with van der Waals surface area (Å²) >= 11 is 0. The second kappa shape index (κ2) is 31.9. The summed E-state index contributed by atoms with van der Waals surface area (Å²) in [6, 6.07) is 0. The van der Waals surface area contributed by atoms with E-state index < -0.39 is 0 Å². The summed E-state index contributed by atoms with van der Waals surface area (Å²) in [7, 11) is 0. The molecule has 0 radical (unpaired) electrons. The third kappa shape index (κ3) is 32.6. The molecule has 4 nitrogen and oxygen atoms in total. The van der Waals surface area contributed by atoms with Crippen molar-refractivity contribution in [3.8, 4) is 0 Å². The van der Waals surface area contributed by atoms with E-state index in [2.05, 4.69) is 25.2 Å². The zero-order chi connectivity index (χ0) is 29.4. The Morgan fingerprint density at radius 2 is 0.750 bits per heavy atom. The molecule has 0 saturated heterocycles. The summed E-state index contributed by atoms with van der Waals surface area (Å²) in [5.74, 6) is -0.332. The lowest BCUT2D eigenvalue weighted by atomic mass is 9.97. The molecule has 0 aliphatic rings. The Bertz CT molecular complexity index is 626. The van der Waals surface area contributed by atoms with Crippen LogP contribution in [0.25, 0.3) is 0 Å². The van der Waals surface area contributed by atoms with Crippen LogP contribution in [0.15, 0.2) is 23.8 Å². The molecule has 0 spiro atoms. The molecule has 0 unspecified atom stereocenters. The van der Waals surface area contributed by atoms with E-state index in [1.807, 2.05) is 0 Å². The molecule has 0 aromatic rings. The van der Waals surface area contributed by atoms with E-state index in [9.17, 15) is 9.59 Å². The lowest BCUT2D eigenvalue weighted by Gasteiger charge is -2.09. The molecule has 40 heavy (non-hydrogen) atoms. The number of rotatable bonds is 32. The summed E-state index contributed by atoms with van der Waals surface area (Å²) in [6.07, 6.45) is 42.9. The number of carbonyl (C=O) groups is 2. The van der Waals surface area contributed by atoms with Crippen LogP contribution < -0.4 is 11.5 Å². The predicted octanol–water partition coefficient (Wildman–Crippen LogP) is 10.8. The van der Waals surface area contributed by atoms with E-state index in [1.165, 1.54) is 148 Å². The summed E-state index contributed by atoms with van der Waals surface area (Å²) < 4.78 is 0. The first kappa shape index (κ1) is 38.4. The maximum atomic E-state index is 10.8. The molecule has 0 aromatic heterocycles. The Balaban J connectivity index is 3.84. The normalized spacial score (nSPS) is 12.0. The van der Waals surface area contributed by atoms with Gasteiger partial charge in [-0.2, -0.15) is 0 Å². The zero-order valence-corrected chi connectivity index (χ0v) is 26.7. The SMILES string of the molecule is CCCCCCCCC(=CCCCCCCCC(N)=O)CCCCCCCCC=CCCCCCCCC(N)=O. The van der Waals surface area contributed by atoms with Crippen LogP contribution in [-0.2, 0) is 9.59 Å². The number of nitrogens with two attached hydrogens (primary N) is 2. The fraction of sp³-hybridized carbons (Fsp3) is 0.833. The Hall–Kier alpha value is -1.58. The minimum Gasteiger partial charge on any atom is -0.370 e. The zero-order valence-electron chi connectivity index (χ0n) is 26.7. The molecule has 234 valence electrons. The Morgan fingerprint density at radius 1 is 0.425 bits per heavy atom. The minimum absolute atomic E-state index is 0.163. The monoisotopic (exact) mass is 561 g/mol. The highest BCUT2D eigenvalue weighted by Gasteiger charge is 2.01. The number of unbranched alkanes of at least 4 members (excludes halogenated alkanes) is 21. The first-order valence-corrected chi connectivity index (χ1v) is 17.5. The van der Waals surface area contributed by atoms with Crippen molar-refractivity contribution in [2.24, 2.45) is 11.5 Å². The highest BCUT2D eigenvalue weighted by atomic mass is 16.1. The smallest absolute Gasteiger partial charge is 0.217 e. The molecular weight excluding hydrogens is 492 g/mol. The minimum atomic E-state index is -0.169. The highest BCUT2D eigenvalue weighted by Crippen LogP contribution is 2.20. The molecule has 0 atom stereocenters. The standard InChI is InChI=1S/C36H68N2O2/c1-2-3-4-5-19-24-29-34(31-26-21-17-18-23-28-33-36(38)40)30-25-20-15-13-11-9-7-6-8-10-12-14-16-22-27-32-35(37)39/h6,8,31H,2-5,7,9-30,32-33H2,1H3,(H2,37,39)(H2,38,40). The van der Waals surface area contributed by atoms with Gasteiger partial charge in [-0.3, -0.25) is 9.59 Å². The van der Waals surface area contributed by atoms with E-state index >= 15 is 0 Å². The quantitative estimate of drug-likeness (QED) is 0.0633. The third-order valence-corrected chi connectivity index (χ3v) is 7.99. The maximum Gasteiger partial charge on any atom is 0.217 e. The van der Waals surface area contributed by atoms with Crippen molar-refractivity contribution < 1.29 is 9.59 Å². The number of allylic oxidation sites excluding steroid dienone is 4. The molecule has 2 amide bonds. The van der Waals surface area contributed by atoms with E-state index in [0.29, 0.717) is 12.8 Å². The van der Waals surface area contributed by atoms with Gasteiger partial charge in [-0.1, -0.05) is 127 Å². The van der Waals surface area contributed by atoms with Gasteiger partial charge in [0, 0.05) is 12.8 Å². The predicted molar refractivity (Wildman–Crippen MR) is 175 cm³/mol. The second-order valence-corrected chi connectivity index (χ2v) is 12.1. The van der Waals surface area contributed by atoms with Crippen molar-refractivity contribution in [1.82, 2.24) is 0 Å². The van der Waals surface area contributed by atoms with Crippen LogP contribution in [0.4, 0.5) is 0 Å². The van der Waals surface area contributed by atoms with Crippen LogP contribution in [-0.4, -0.2) is 11.8 Å². The summed E-state index contributed by atoms with van der Waals surface area (Å²) in [5.41, 5.74) is 12.1. The molecule has 0 saturated carbocycles. The molecule has 0 rings (SSSR count). The first-order valence-electron chi connectivity index (χ1n) is 17.5. The van der Waals surface area contributed by atoms with Gasteiger partial charge < -0.3 is 11.5 Å². The molecule has 0 bridgehead atoms. The van der Waals surface area contributed by atoms with E-state index in [4.69, 9.17) is 11.5 Å². The van der Waals surface area contributed by atoms with Crippen LogP contribution in [0.1, 0.15) is 193 Å². The molecule has 0 fully saturated rings. The van der Waals surface area contributed by atoms with Crippen LogP contribution in [0, 0.1) is 0 Å². The molecule has 0 heterocycles. The fourth-order valence-electron chi connectivity index (χ4n) is 5.39. The molecule has 0 aliphatic carbocycles. The molecule has 0 aromatic carbocycles. The van der Waals surface area contributed by atoms with Gasteiger partial charge in [-0.05, 0) is 77.0 Å². The Labute approximate surface area is 249 Å². The summed E-state index contributed by atoms with van der Waals surface area (Å²) in [5, 5.41) is 0. The van der Waals surface area contributed by atoms with Crippen LogP contribution >= 0.6 is 0 Å². The first-order chi connectivity index (χ1) is 19.6. The van der Waals surface area contributed by atoms with Gasteiger partial charge in [0.25, 0.3) is 0 Å². The summed E-state index contributed by atoms with van der Waals surface area (Å²) in [6.45, 7) is 2.29. The van der Waals surface area contributed by atoms with Crippen LogP contribution in [0.5, 0.6) is 0 Å². The van der Waals surface area contributed by atoms with E-state index in [1.54, 1.807) is 5.57 Å². The third-order valence-electron chi connectivity index (χ3n) is 7.99. The van der Waals surface area contributed by atoms with E-state index in [-0.39, 0.29) is 11.8 Å². The largest absolute Gasteiger partial charge is 0.370 e. The summed E-state index contributed by atoms with van der Waals surface area (Å²) in [4.78, 5) is 21.6. The van der Waals surface area contributed by atoms with Gasteiger partial charge in [-0.15, -0.1) is 0 Å². The van der Waals surface area contributed by atoms with Crippen LogP contribution in [0.2, 0.25) is 0 Å². The number of carbonyl (C=O) groups excluding carboxylic acids is 2. The van der Waals surface area contributed by atoms with Gasteiger partial charge in [0.1, 0.15) is 0 Å². The van der Waals surface area contributed by atoms with Gasteiger partial charge in [0.2, 0.25) is 11.8 Å². The highest BCUT2D eigenvalue weighted by molar-refractivity contribution is 5.73. The van der Waals surface area contributed by atoms with Crippen molar-refractivity contribution in [1.29, 1.82) is 0 Å². The Morgan fingerprint density at radius 3 is 1.15 bits per heavy atom. The van der Waals surface area contributed by atoms with E-state index in [0.717, 1.165) is 25.7 Å². The maximum absolute atomic E-state index is 10.8. The van der Waals surface area contributed by atoms with Crippen LogP contribution in [0.3, 0.4) is 0 Å². The fourth-order valence-corrected chi connectivity index (χ4v) is 5.39. The number of amides is 2. The lowest BCUT2D eigenvalue weighted by molar-refractivity contribution is -0.119. The van der Waals surface area contributed by atoms with Crippen molar-refractivity contribution in [2.45, 2.75) is 193 Å². The van der Waals surface area contributed by atoms with Crippen molar-refractivity contribution in [2.75, 3.05) is 0 Å². The topological polar surface area (TPSA) is 86.2 Å². The van der Waals surface area contributed by atoms with Gasteiger partial charge in [0.05, 0.1) is 0 Å². The molecule has 4 N–H and O–H groups in total. The lowest BCUT2D eigenvalue weighted by Crippen LogP contribution is -2.09. The van der Waals surface area contributed by atoms with Gasteiger partial charge in [0.15, 0.2) is 0 Å². The van der Waals surface area contributed by atoms with Gasteiger partial charge in [-0.25, -0.2) is 0 Å². The number of hydrogen-bond acceptors (Lipinski definition) is 2. The second-order valence-electron chi connectivity index (χ2n) is 12.1. The Kier molecular flexibility index (Phi) is 30.7. The molecular formula is C36H68N2O2. The average molecular weight is 561 g/mol. The van der Waals surface area contributed by atoms with Crippen molar-refractivity contribution in [3.05, 3.63) is 23.8 Å². The van der Waals surface area contributed by atoms with Crippen molar-refractivity contribution >= 4 is 11.8 Å². The van der Waals surface area contributed by atoms with Crippen molar-refractivity contribution in [3.63, 3.8) is 0 Å². The average Bonchev–Trinajstić information content (AvgIpc) is 2.92. The molecule has 0 aliphatic heterocycles. The number of hydrogen-bond donors (Lipinski definition) is 2. The van der Waals surface area contributed by atoms with Gasteiger partial charge >= 0.3 is 0 Å². The number of primary amides is 2. The molecule has 4 heteroatoms.